The fraction of sp³-hybridized carbons (Fsp3) is 0.407. The summed E-state index contributed by atoms with van der Waals surface area (Å²) in [5.41, 5.74) is 4.57. The van der Waals surface area contributed by atoms with Crippen LogP contribution in [0.4, 0.5) is 4.79 Å². The molecule has 0 aliphatic heterocycles. The first-order valence-corrected chi connectivity index (χ1v) is 12.2. The van der Waals surface area contributed by atoms with Crippen LogP contribution in [-0.4, -0.2) is 56.7 Å². The third-order valence-corrected chi connectivity index (χ3v) is 6.10. The van der Waals surface area contributed by atoms with E-state index in [4.69, 9.17) is 9.47 Å². The Morgan fingerprint density at radius 3 is 2.11 bits per heavy atom. The maximum absolute atomic E-state index is 12.2. The lowest BCUT2D eigenvalue weighted by molar-refractivity contribution is -0.146. The van der Waals surface area contributed by atoms with Crippen LogP contribution in [-0.2, 0) is 23.9 Å². The van der Waals surface area contributed by atoms with Crippen molar-refractivity contribution >= 4 is 23.9 Å². The molecule has 0 fully saturated rings. The van der Waals surface area contributed by atoms with Crippen LogP contribution < -0.4 is 16.0 Å². The van der Waals surface area contributed by atoms with Crippen molar-refractivity contribution < 1.29 is 28.7 Å². The van der Waals surface area contributed by atoms with Crippen molar-refractivity contribution in [3.8, 4) is 11.1 Å². The Balaban J connectivity index is 1.36. The van der Waals surface area contributed by atoms with Gasteiger partial charge in [-0.2, -0.15) is 0 Å². The van der Waals surface area contributed by atoms with Crippen LogP contribution in [0.1, 0.15) is 49.7 Å². The van der Waals surface area contributed by atoms with Crippen molar-refractivity contribution in [3.05, 3.63) is 59.7 Å². The topological polar surface area (TPSA) is 123 Å². The molecule has 0 saturated carbocycles. The van der Waals surface area contributed by atoms with Crippen molar-refractivity contribution in [2.75, 3.05) is 26.8 Å². The first-order valence-electron chi connectivity index (χ1n) is 12.2. The van der Waals surface area contributed by atoms with Gasteiger partial charge in [-0.05, 0) is 28.7 Å². The number of amides is 3. The van der Waals surface area contributed by atoms with Gasteiger partial charge in [0, 0.05) is 32.4 Å². The van der Waals surface area contributed by atoms with E-state index in [1.165, 1.54) is 7.05 Å². The van der Waals surface area contributed by atoms with Gasteiger partial charge in [-0.25, -0.2) is 4.79 Å². The average molecular weight is 496 g/mol. The Morgan fingerprint density at radius 1 is 0.861 bits per heavy atom. The first-order chi connectivity index (χ1) is 17.4. The molecule has 36 heavy (non-hydrogen) atoms. The van der Waals surface area contributed by atoms with Crippen LogP contribution >= 0.6 is 0 Å². The van der Waals surface area contributed by atoms with Gasteiger partial charge in [-0.15, -0.1) is 0 Å². The number of fused-ring (bicyclic) bond motifs is 3. The molecule has 0 bridgehead atoms. The number of benzene rings is 2. The van der Waals surface area contributed by atoms with E-state index in [1.54, 1.807) is 0 Å². The van der Waals surface area contributed by atoms with Crippen LogP contribution in [0.3, 0.4) is 0 Å². The minimum atomic E-state index is -0.582. The summed E-state index contributed by atoms with van der Waals surface area (Å²) in [6, 6.07) is 15.8. The second kappa shape index (κ2) is 13.3. The number of hydrogen-bond acceptors (Lipinski definition) is 6. The van der Waals surface area contributed by atoms with Crippen LogP contribution in [0.25, 0.3) is 11.1 Å². The fourth-order valence-electron chi connectivity index (χ4n) is 4.10. The molecule has 9 heteroatoms. The highest BCUT2D eigenvalue weighted by Crippen LogP contribution is 2.44. The lowest BCUT2D eigenvalue weighted by Gasteiger charge is -2.17. The van der Waals surface area contributed by atoms with Crippen molar-refractivity contribution in [1.29, 1.82) is 0 Å². The van der Waals surface area contributed by atoms with Gasteiger partial charge in [0.25, 0.3) is 0 Å². The molecule has 0 spiro atoms. The zero-order chi connectivity index (χ0) is 25.9. The lowest BCUT2D eigenvalue weighted by Crippen LogP contribution is -2.40. The van der Waals surface area contributed by atoms with Gasteiger partial charge in [0.15, 0.2) is 0 Å². The van der Waals surface area contributed by atoms with Crippen LogP contribution in [0, 0.1) is 0 Å². The number of alkyl carbamates (subject to hydrolysis) is 1. The molecule has 9 nitrogen and oxygen atoms in total. The van der Waals surface area contributed by atoms with E-state index in [1.807, 2.05) is 31.2 Å². The van der Waals surface area contributed by atoms with Crippen LogP contribution in [0.5, 0.6) is 0 Å². The lowest BCUT2D eigenvalue weighted by atomic mass is 9.98. The molecule has 1 aliphatic rings. The SMILES string of the molecule is CCC(COC(=O)CCC(=O)NC)NC(=O)CCNC(=O)OCC1c2ccccc2-c2ccccc21. The molecular weight excluding hydrogens is 462 g/mol. The standard InChI is InChI=1S/C27H33N3O6/c1-3-18(16-35-26(33)13-12-24(31)28-2)30-25(32)14-15-29-27(34)36-17-23-21-10-6-4-8-19(21)20-9-5-7-11-22(20)23/h4-11,18,23H,3,12-17H2,1-2H3,(H,28,31)(H,29,34)(H,30,32). The van der Waals surface area contributed by atoms with Gasteiger partial charge in [0.1, 0.15) is 13.2 Å². The van der Waals surface area contributed by atoms with Crippen molar-refractivity contribution in [2.45, 2.75) is 44.6 Å². The summed E-state index contributed by atoms with van der Waals surface area (Å²) in [7, 11) is 1.50. The second-order valence-electron chi connectivity index (χ2n) is 8.53. The van der Waals surface area contributed by atoms with E-state index in [9.17, 15) is 19.2 Å². The normalized spacial score (nSPS) is 12.6. The molecule has 1 atom stereocenters. The van der Waals surface area contributed by atoms with Gasteiger partial charge in [0.05, 0.1) is 12.5 Å². The molecule has 2 aromatic rings. The molecule has 0 heterocycles. The van der Waals surface area contributed by atoms with Gasteiger partial charge >= 0.3 is 12.1 Å². The Labute approximate surface area is 210 Å². The monoisotopic (exact) mass is 495 g/mol. The molecule has 0 radical (unpaired) electrons. The predicted octanol–water partition coefficient (Wildman–Crippen LogP) is 2.88. The Bertz CT molecular complexity index is 1040. The Hall–Kier alpha value is -3.88. The summed E-state index contributed by atoms with van der Waals surface area (Å²) in [5.74, 6) is -1.04. The quantitative estimate of drug-likeness (QED) is 0.389. The zero-order valence-corrected chi connectivity index (χ0v) is 20.7. The highest BCUT2D eigenvalue weighted by molar-refractivity contribution is 5.81. The number of nitrogens with one attached hydrogen (secondary N) is 3. The largest absolute Gasteiger partial charge is 0.463 e. The fourth-order valence-corrected chi connectivity index (χ4v) is 4.10. The summed E-state index contributed by atoms with van der Waals surface area (Å²) < 4.78 is 10.6. The van der Waals surface area contributed by atoms with E-state index < -0.39 is 12.1 Å². The molecule has 0 aromatic heterocycles. The molecule has 0 saturated heterocycles. The van der Waals surface area contributed by atoms with E-state index in [2.05, 4.69) is 40.2 Å². The highest BCUT2D eigenvalue weighted by atomic mass is 16.5. The highest BCUT2D eigenvalue weighted by Gasteiger charge is 2.29. The summed E-state index contributed by atoms with van der Waals surface area (Å²) in [4.78, 5) is 47.4. The summed E-state index contributed by atoms with van der Waals surface area (Å²) in [6.45, 7) is 2.20. The van der Waals surface area contributed by atoms with Gasteiger partial charge in [-0.3, -0.25) is 14.4 Å². The average Bonchev–Trinajstić information content (AvgIpc) is 3.22. The number of hydrogen-bond donors (Lipinski definition) is 3. The molecule has 3 rings (SSSR count). The van der Waals surface area contributed by atoms with Crippen molar-refractivity contribution in [1.82, 2.24) is 16.0 Å². The molecule has 1 unspecified atom stereocenters. The molecule has 3 N–H and O–H groups in total. The first kappa shape index (κ1) is 26.7. The maximum Gasteiger partial charge on any atom is 0.407 e. The number of esters is 1. The maximum atomic E-state index is 12.2. The van der Waals surface area contributed by atoms with Crippen molar-refractivity contribution in [3.63, 3.8) is 0 Å². The van der Waals surface area contributed by atoms with Crippen LogP contribution in [0.2, 0.25) is 0 Å². The van der Waals surface area contributed by atoms with Crippen molar-refractivity contribution in [2.24, 2.45) is 0 Å². The minimum absolute atomic E-state index is 0.0197. The van der Waals surface area contributed by atoms with E-state index in [0.29, 0.717) is 6.42 Å². The third kappa shape index (κ3) is 7.31. The molecule has 2 aromatic carbocycles. The molecular formula is C27H33N3O6. The van der Waals surface area contributed by atoms with E-state index in [0.717, 1.165) is 22.3 Å². The molecule has 192 valence electrons. The molecule has 1 aliphatic carbocycles. The van der Waals surface area contributed by atoms with Gasteiger partial charge in [-0.1, -0.05) is 55.5 Å². The summed E-state index contributed by atoms with van der Waals surface area (Å²) >= 11 is 0. The zero-order valence-electron chi connectivity index (χ0n) is 20.7. The number of ether oxygens (including phenoxy) is 2. The van der Waals surface area contributed by atoms with Gasteiger partial charge < -0.3 is 25.4 Å². The Morgan fingerprint density at radius 2 is 1.50 bits per heavy atom. The number of rotatable bonds is 12. The molecule has 3 amide bonds. The van der Waals surface area contributed by atoms with Gasteiger partial charge in [0.2, 0.25) is 11.8 Å². The summed E-state index contributed by atoms with van der Waals surface area (Å²) in [5, 5.41) is 7.83. The minimum Gasteiger partial charge on any atom is -0.463 e. The second-order valence-corrected chi connectivity index (χ2v) is 8.53. The third-order valence-electron chi connectivity index (χ3n) is 6.10. The summed E-state index contributed by atoms with van der Waals surface area (Å²) in [6.07, 6.45) is 0.0787. The van der Waals surface area contributed by atoms with E-state index >= 15 is 0 Å². The van der Waals surface area contributed by atoms with Crippen LogP contribution in [0.15, 0.2) is 48.5 Å². The number of carbonyl (C=O) groups excluding carboxylic acids is 4. The smallest absolute Gasteiger partial charge is 0.407 e. The number of carbonyl (C=O) groups is 4. The van der Waals surface area contributed by atoms with E-state index in [-0.39, 0.29) is 62.8 Å². The Kier molecular flexibility index (Phi) is 9.85. The predicted molar refractivity (Wildman–Crippen MR) is 134 cm³/mol.